The maximum atomic E-state index is 12.5. The van der Waals surface area contributed by atoms with E-state index >= 15 is 0 Å². The Bertz CT molecular complexity index is 901. The topological polar surface area (TPSA) is 64.4 Å². The predicted molar refractivity (Wildman–Crippen MR) is 100.0 cm³/mol. The minimum absolute atomic E-state index is 0.0345. The second-order valence-corrected chi connectivity index (χ2v) is 6.76. The Balaban J connectivity index is 1.49. The van der Waals surface area contributed by atoms with Gasteiger partial charge in [-0.25, -0.2) is 0 Å². The van der Waals surface area contributed by atoms with Crippen LogP contribution >= 0.6 is 0 Å². The fraction of sp³-hybridized carbons (Fsp3) is 0.333. The molecule has 2 aromatic heterocycles. The summed E-state index contributed by atoms with van der Waals surface area (Å²) in [6.45, 7) is 0. The maximum absolute atomic E-state index is 12.5. The molecule has 3 aromatic rings. The first-order chi connectivity index (χ1) is 12.7. The van der Waals surface area contributed by atoms with Crippen molar-refractivity contribution in [3.05, 3.63) is 54.4 Å². The van der Waals surface area contributed by atoms with Crippen molar-refractivity contribution in [3.8, 4) is 11.3 Å². The van der Waals surface area contributed by atoms with Crippen molar-refractivity contribution in [1.29, 1.82) is 0 Å². The summed E-state index contributed by atoms with van der Waals surface area (Å²) in [5.74, 6) is -0.0345. The molecule has 1 amide bonds. The third kappa shape index (κ3) is 3.35. The molecule has 1 aliphatic rings. The molecule has 26 heavy (non-hydrogen) atoms. The van der Waals surface area contributed by atoms with Crippen LogP contribution in [0, 0.1) is 0 Å². The minimum Gasteiger partial charge on any atom is -0.464 e. The van der Waals surface area contributed by atoms with Gasteiger partial charge in [-0.15, -0.1) is 0 Å². The number of fused-ring (bicyclic) bond motifs is 1. The number of carbonyl (C=O) groups is 1. The Kier molecular flexibility index (Phi) is 4.71. The van der Waals surface area contributed by atoms with E-state index in [9.17, 15) is 4.79 Å². The van der Waals surface area contributed by atoms with Gasteiger partial charge in [-0.1, -0.05) is 12.1 Å². The molecule has 5 nitrogen and oxygen atoms in total. The number of benzene rings is 1. The molecule has 0 saturated heterocycles. The highest BCUT2D eigenvalue weighted by atomic mass is 16.5. The van der Waals surface area contributed by atoms with Gasteiger partial charge in [0.15, 0.2) is 0 Å². The number of amides is 1. The first-order valence-electron chi connectivity index (χ1n) is 9.01. The molecule has 0 spiro atoms. The van der Waals surface area contributed by atoms with Gasteiger partial charge in [0.05, 0.1) is 18.1 Å². The molecule has 0 radical (unpaired) electrons. The monoisotopic (exact) mass is 350 g/mol. The average Bonchev–Trinajstić information content (AvgIpc) is 3.17. The van der Waals surface area contributed by atoms with Gasteiger partial charge in [-0.3, -0.25) is 9.78 Å². The smallest absolute Gasteiger partial charge is 0.251 e. The lowest BCUT2D eigenvalue weighted by Gasteiger charge is -2.28. The van der Waals surface area contributed by atoms with Gasteiger partial charge in [-0.2, -0.15) is 0 Å². The summed E-state index contributed by atoms with van der Waals surface area (Å²) in [5.41, 5.74) is 3.29. The molecule has 2 unspecified atom stereocenters. The summed E-state index contributed by atoms with van der Waals surface area (Å²) in [5, 5.41) is 4.10. The second-order valence-electron chi connectivity index (χ2n) is 6.76. The zero-order valence-electron chi connectivity index (χ0n) is 14.8. The molecule has 134 valence electrons. The fourth-order valence-corrected chi connectivity index (χ4v) is 3.66. The van der Waals surface area contributed by atoms with E-state index in [4.69, 9.17) is 9.15 Å². The van der Waals surface area contributed by atoms with Crippen LogP contribution in [0.2, 0.25) is 0 Å². The summed E-state index contributed by atoms with van der Waals surface area (Å²) >= 11 is 0. The second kappa shape index (κ2) is 7.30. The third-order valence-electron chi connectivity index (χ3n) is 5.10. The number of ether oxygens (including phenoxy) is 1. The number of hydrogen-bond donors (Lipinski definition) is 1. The molecular weight excluding hydrogens is 328 g/mol. The number of methoxy groups -OCH3 is 1. The van der Waals surface area contributed by atoms with Crippen LogP contribution in [-0.2, 0) is 4.74 Å². The third-order valence-corrected chi connectivity index (χ3v) is 5.10. The molecule has 1 saturated carbocycles. The van der Waals surface area contributed by atoms with Crippen molar-refractivity contribution >= 4 is 16.9 Å². The number of hydrogen-bond acceptors (Lipinski definition) is 4. The Morgan fingerprint density at radius 1 is 1.19 bits per heavy atom. The van der Waals surface area contributed by atoms with Gasteiger partial charge in [0.25, 0.3) is 5.91 Å². The van der Waals surface area contributed by atoms with E-state index in [1.165, 1.54) is 0 Å². The van der Waals surface area contributed by atoms with Gasteiger partial charge in [0.1, 0.15) is 5.58 Å². The van der Waals surface area contributed by atoms with Crippen molar-refractivity contribution in [1.82, 2.24) is 10.3 Å². The fourth-order valence-electron chi connectivity index (χ4n) is 3.66. The van der Waals surface area contributed by atoms with Gasteiger partial charge < -0.3 is 14.5 Å². The highest BCUT2D eigenvalue weighted by molar-refractivity contribution is 5.96. The Labute approximate surface area is 152 Å². The van der Waals surface area contributed by atoms with Crippen LogP contribution in [0.3, 0.4) is 0 Å². The molecule has 0 aliphatic heterocycles. The molecule has 4 rings (SSSR count). The van der Waals surface area contributed by atoms with Gasteiger partial charge in [0, 0.05) is 35.9 Å². The van der Waals surface area contributed by atoms with Gasteiger partial charge in [0.2, 0.25) is 0 Å². The highest BCUT2D eigenvalue weighted by Gasteiger charge is 2.23. The van der Waals surface area contributed by atoms with E-state index in [-0.39, 0.29) is 18.1 Å². The molecule has 1 fully saturated rings. The van der Waals surface area contributed by atoms with Crippen LogP contribution < -0.4 is 5.32 Å². The molecule has 2 atom stereocenters. The lowest BCUT2D eigenvalue weighted by atomic mass is 9.92. The van der Waals surface area contributed by atoms with E-state index in [0.29, 0.717) is 5.56 Å². The van der Waals surface area contributed by atoms with Crippen LogP contribution in [-0.4, -0.2) is 30.1 Å². The Morgan fingerprint density at radius 2 is 2.04 bits per heavy atom. The van der Waals surface area contributed by atoms with Crippen LogP contribution in [0.15, 0.2) is 53.3 Å². The van der Waals surface area contributed by atoms with Crippen LogP contribution in [0.1, 0.15) is 36.0 Å². The number of carbonyl (C=O) groups excluding carboxylic acids is 1. The molecule has 0 bridgehead atoms. The van der Waals surface area contributed by atoms with E-state index in [0.717, 1.165) is 47.9 Å². The van der Waals surface area contributed by atoms with Crippen molar-refractivity contribution in [2.24, 2.45) is 0 Å². The largest absolute Gasteiger partial charge is 0.464 e. The SMILES string of the molecule is COC1CCCC(NC(=O)c2ccc(-c3nccc4occc34)cc2)C1. The summed E-state index contributed by atoms with van der Waals surface area (Å²) in [6.07, 6.45) is 7.69. The number of nitrogens with one attached hydrogen (secondary N) is 1. The summed E-state index contributed by atoms with van der Waals surface area (Å²) in [4.78, 5) is 17.0. The first-order valence-corrected chi connectivity index (χ1v) is 9.01. The quantitative estimate of drug-likeness (QED) is 0.766. The summed E-state index contributed by atoms with van der Waals surface area (Å²) in [6, 6.07) is 11.5. The van der Waals surface area contributed by atoms with Crippen LogP contribution in [0.25, 0.3) is 22.2 Å². The molecule has 2 heterocycles. The van der Waals surface area contributed by atoms with E-state index in [1.807, 2.05) is 36.4 Å². The lowest BCUT2D eigenvalue weighted by molar-refractivity contribution is 0.0563. The van der Waals surface area contributed by atoms with Crippen molar-refractivity contribution in [2.75, 3.05) is 7.11 Å². The van der Waals surface area contributed by atoms with Crippen molar-refractivity contribution < 1.29 is 13.9 Å². The predicted octanol–water partition coefficient (Wildman–Crippen LogP) is 4.18. The van der Waals surface area contributed by atoms with Crippen LogP contribution in [0.5, 0.6) is 0 Å². The number of furan rings is 1. The van der Waals surface area contributed by atoms with Gasteiger partial charge >= 0.3 is 0 Å². The number of pyridine rings is 1. The Hall–Kier alpha value is -2.66. The van der Waals surface area contributed by atoms with Gasteiger partial charge in [-0.05, 0) is 49.9 Å². The Morgan fingerprint density at radius 3 is 2.85 bits per heavy atom. The summed E-state index contributed by atoms with van der Waals surface area (Å²) < 4.78 is 10.9. The zero-order valence-corrected chi connectivity index (χ0v) is 14.8. The number of nitrogens with zero attached hydrogens (tertiary/aromatic N) is 1. The van der Waals surface area contributed by atoms with E-state index in [1.54, 1.807) is 19.6 Å². The first kappa shape index (κ1) is 16.8. The number of rotatable bonds is 4. The average molecular weight is 350 g/mol. The molecule has 1 aromatic carbocycles. The standard InChI is InChI=1S/C21H22N2O3/c1-25-17-4-2-3-16(13-17)23-21(24)15-7-5-14(6-8-15)20-18-10-12-26-19(18)9-11-22-20/h5-12,16-17H,2-4,13H2,1H3,(H,23,24). The van der Waals surface area contributed by atoms with E-state index < -0.39 is 0 Å². The number of aromatic nitrogens is 1. The molecule has 1 aliphatic carbocycles. The zero-order chi connectivity index (χ0) is 17.9. The lowest BCUT2D eigenvalue weighted by Crippen LogP contribution is -2.40. The normalized spacial score (nSPS) is 20.2. The summed E-state index contributed by atoms with van der Waals surface area (Å²) in [7, 11) is 1.74. The molecular formula is C21H22N2O3. The molecule has 1 N–H and O–H groups in total. The van der Waals surface area contributed by atoms with Crippen LogP contribution in [0.4, 0.5) is 0 Å². The highest BCUT2D eigenvalue weighted by Crippen LogP contribution is 2.27. The molecule has 5 heteroatoms. The van der Waals surface area contributed by atoms with Crippen molar-refractivity contribution in [3.63, 3.8) is 0 Å². The minimum atomic E-state index is -0.0345. The van der Waals surface area contributed by atoms with Crippen molar-refractivity contribution in [2.45, 2.75) is 37.8 Å². The maximum Gasteiger partial charge on any atom is 0.251 e. The van der Waals surface area contributed by atoms with E-state index in [2.05, 4.69) is 10.3 Å².